The van der Waals surface area contributed by atoms with E-state index >= 15 is 0 Å². The Hall–Kier alpha value is -1.81. The van der Waals surface area contributed by atoms with Gasteiger partial charge in [-0.3, -0.25) is 4.68 Å². The van der Waals surface area contributed by atoms with Crippen LogP contribution in [0.25, 0.3) is 10.8 Å². The lowest BCUT2D eigenvalue weighted by Gasteiger charge is -2.11. The van der Waals surface area contributed by atoms with E-state index in [1.54, 1.807) is 0 Å². The van der Waals surface area contributed by atoms with Crippen molar-refractivity contribution in [3.8, 4) is 0 Å². The van der Waals surface area contributed by atoms with Crippen molar-refractivity contribution in [1.29, 1.82) is 0 Å². The van der Waals surface area contributed by atoms with E-state index in [4.69, 9.17) is 0 Å². The average molecular weight is 330 g/mol. The van der Waals surface area contributed by atoms with Crippen molar-refractivity contribution in [2.45, 2.75) is 20.0 Å². The number of rotatable bonds is 4. The van der Waals surface area contributed by atoms with Crippen LogP contribution >= 0.6 is 15.9 Å². The molecule has 0 fully saturated rings. The van der Waals surface area contributed by atoms with Gasteiger partial charge in [-0.25, -0.2) is 0 Å². The first-order valence-electron chi connectivity index (χ1n) is 6.71. The first kappa shape index (κ1) is 13.2. The Kier molecular flexibility index (Phi) is 3.74. The summed E-state index contributed by atoms with van der Waals surface area (Å²) < 4.78 is 3.13. The molecule has 3 aromatic rings. The maximum atomic E-state index is 4.29. The van der Waals surface area contributed by atoms with E-state index in [9.17, 15) is 0 Å². The molecule has 3 nitrogen and oxygen atoms in total. The summed E-state index contributed by atoms with van der Waals surface area (Å²) in [7, 11) is 0. The highest BCUT2D eigenvalue weighted by atomic mass is 79.9. The van der Waals surface area contributed by atoms with Gasteiger partial charge < -0.3 is 5.32 Å². The van der Waals surface area contributed by atoms with E-state index in [0.717, 1.165) is 23.2 Å². The minimum absolute atomic E-state index is 0.777. The van der Waals surface area contributed by atoms with Crippen molar-refractivity contribution in [3.05, 3.63) is 58.8 Å². The largest absolute Gasteiger partial charge is 0.379 e. The van der Waals surface area contributed by atoms with E-state index in [0.29, 0.717) is 0 Å². The molecule has 0 aliphatic rings. The van der Waals surface area contributed by atoms with Crippen molar-refractivity contribution >= 4 is 32.4 Å². The van der Waals surface area contributed by atoms with Crippen molar-refractivity contribution < 1.29 is 0 Å². The minimum Gasteiger partial charge on any atom is -0.379 e. The molecular weight excluding hydrogens is 314 g/mol. The van der Waals surface area contributed by atoms with Gasteiger partial charge in [0.1, 0.15) is 0 Å². The normalized spacial score (nSPS) is 10.9. The predicted octanol–water partition coefficient (Wildman–Crippen LogP) is 4.43. The standard InChI is InChI=1S/C16H16BrN3/c1-2-20-12(9-10-19-20)11-18-16-8-7-15(17)13-5-3-4-6-14(13)16/h3-10,18H,2,11H2,1H3. The van der Waals surface area contributed by atoms with Gasteiger partial charge in [-0.2, -0.15) is 5.10 Å². The zero-order valence-corrected chi connectivity index (χ0v) is 12.9. The minimum atomic E-state index is 0.777. The van der Waals surface area contributed by atoms with Crippen LogP contribution in [0.5, 0.6) is 0 Å². The van der Waals surface area contributed by atoms with E-state index in [-0.39, 0.29) is 0 Å². The van der Waals surface area contributed by atoms with E-state index < -0.39 is 0 Å². The van der Waals surface area contributed by atoms with Crippen LogP contribution in [0.2, 0.25) is 0 Å². The molecule has 0 bridgehead atoms. The number of aromatic nitrogens is 2. The third-order valence-corrected chi connectivity index (χ3v) is 4.13. The van der Waals surface area contributed by atoms with Crippen molar-refractivity contribution in [2.75, 3.05) is 5.32 Å². The van der Waals surface area contributed by atoms with Crippen molar-refractivity contribution in [2.24, 2.45) is 0 Å². The van der Waals surface area contributed by atoms with Crippen LogP contribution in [0.3, 0.4) is 0 Å². The highest BCUT2D eigenvalue weighted by Crippen LogP contribution is 2.30. The average Bonchev–Trinajstić information content (AvgIpc) is 2.94. The number of hydrogen-bond donors (Lipinski definition) is 1. The fourth-order valence-electron chi connectivity index (χ4n) is 2.40. The quantitative estimate of drug-likeness (QED) is 0.767. The molecule has 0 saturated carbocycles. The second-order valence-corrected chi connectivity index (χ2v) is 5.49. The fourth-order valence-corrected chi connectivity index (χ4v) is 2.88. The van der Waals surface area contributed by atoms with Crippen molar-refractivity contribution in [1.82, 2.24) is 9.78 Å². The van der Waals surface area contributed by atoms with Gasteiger partial charge in [-0.05, 0) is 30.5 Å². The number of anilines is 1. The monoisotopic (exact) mass is 329 g/mol. The number of nitrogens with zero attached hydrogens (tertiary/aromatic N) is 2. The van der Waals surface area contributed by atoms with Crippen LogP contribution in [-0.2, 0) is 13.1 Å². The molecule has 0 atom stereocenters. The van der Waals surface area contributed by atoms with Gasteiger partial charge in [-0.1, -0.05) is 40.2 Å². The predicted molar refractivity (Wildman–Crippen MR) is 86.9 cm³/mol. The summed E-state index contributed by atoms with van der Waals surface area (Å²) >= 11 is 3.60. The molecule has 4 heteroatoms. The zero-order chi connectivity index (χ0) is 13.9. The number of nitrogens with one attached hydrogen (secondary N) is 1. The summed E-state index contributed by atoms with van der Waals surface area (Å²) in [5.74, 6) is 0. The Morgan fingerprint density at radius 2 is 1.90 bits per heavy atom. The molecule has 0 amide bonds. The van der Waals surface area contributed by atoms with Crippen LogP contribution < -0.4 is 5.32 Å². The fraction of sp³-hybridized carbons (Fsp3) is 0.188. The van der Waals surface area contributed by atoms with E-state index in [1.165, 1.54) is 16.5 Å². The summed E-state index contributed by atoms with van der Waals surface area (Å²) in [6, 6.07) is 14.6. The molecule has 1 heterocycles. The maximum Gasteiger partial charge on any atom is 0.0575 e. The van der Waals surface area contributed by atoms with Crippen molar-refractivity contribution in [3.63, 3.8) is 0 Å². The molecule has 0 aliphatic carbocycles. The molecule has 2 aromatic carbocycles. The summed E-state index contributed by atoms with van der Waals surface area (Å²) in [6.45, 7) is 3.77. The number of fused-ring (bicyclic) bond motifs is 1. The lowest BCUT2D eigenvalue weighted by atomic mass is 10.1. The first-order chi connectivity index (χ1) is 9.79. The van der Waals surface area contributed by atoms with Gasteiger partial charge in [0.25, 0.3) is 0 Å². The molecule has 0 radical (unpaired) electrons. The summed E-state index contributed by atoms with van der Waals surface area (Å²) in [5, 5.41) is 10.3. The second-order valence-electron chi connectivity index (χ2n) is 4.63. The highest BCUT2D eigenvalue weighted by Gasteiger charge is 2.05. The van der Waals surface area contributed by atoms with Gasteiger partial charge in [0.15, 0.2) is 0 Å². The van der Waals surface area contributed by atoms with Gasteiger partial charge in [0.05, 0.1) is 12.2 Å². The second kappa shape index (κ2) is 5.67. The topological polar surface area (TPSA) is 29.9 Å². The van der Waals surface area contributed by atoms with E-state index in [1.807, 2.05) is 10.9 Å². The van der Waals surface area contributed by atoms with Crippen LogP contribution in [0, 0.1) is 0 Å². The molecule has 1 N–H and O–H groups in total. The Morgan fingerprint density at radius 3 is 2.70 bits per heavy atom. The molecule has 0 aliphatic heterocycles. The smallest absolute Gasteiger partial charge is 0.0575 e. The van der Waals surface area contributed by atoms with Gasteiger partial charge >= 0.3 is 0 Å². The number of aryl methyl sites for hydroxylation is 1. The Balaban J connectivity index is 1.90. The first-order valence-corrected chi connectivity index (χ1v) is 7.50. The number of benzene rings is 2. The third-order valence-electron chi connectivity index (χ3n) is 3.43. The molecular formula is C16H16BrN3. The molecule has 102 valence electrons. The number of halogens is 1. The lowest BCUT2D eigenvalue weighted by Crippen LogP contribution is -2.08. The van der Waals surface area contributed by atoms with Gasteiger partial charge in [0.2, 0.25) is 0 Å². The zero-order valence-electron chi connectivity index (χ0n) is 11.3. The van der Waals surface area contributed by atoms with Crippen LogP contribution in [0.15, 0.2) is 53.1 Å². The summed E-state index contributed by atoms with van der Waals surface area (Å²) in [6.07, 6.45) is 1.85. The highest BCUT2D eigenvalue weighted by molar-refractivity contribution is 9.10. The molecule has 3 rings (SSSR count). The SMILES string of the molecule is CCn1nccc1CNc1ccc(Br)c2ccccc12. The van der Waals surface area contributed by atoms with Gasteiger partial charge in [0, 0.05) is 28.3 Å². The van der Waals surface area contributed by atoms with Crippen LogP contribution in [0.4, 0.5) is 5.69 Å². The summed E-state index contributed by atoms with van der Waals surface area (Å²) in [5.41, 5.74) is 2.34. The summed E-state index contributed by atoms with van der Waals surface area (Å²) in [4.78, 5) is 0. The number of hydrogen-bond acceptors (Lipinski definition) is 2. The molecule has 0 unspecified atom stereocenters. The maximum absolute atomic E-state index is 4.29. The lowest BCUT2D eigenvalue weighted by molar-refractivity contribution is 0.628. The van der Waals surface area contributed by atoms with E-state index in [2.05, 4.69) is 75.7 Å². The molecule has 0 saturated heterocycles. The molecule has 0 spiro atoms. The Morgan fingerprint density at radius 1 is 1.10 bits per heavy atom. The van der Waals surface area contributed by atoms with Crippen LogP contribution in [-0.4, -0.2) is 9.78 Å². The Bertz CT molecular complexity index is 733. The molecule has 1 aromatic heterocycles. The van der Waals surface area contributed by atoms with Crippen LogP contribution in [0.1, 0.15) is 12.6 Å². The third kappa shape index (κ3) is 2.43. The van der Waals surface area contributed by atoms with Gasteiger partial charge in [-0.15, -0.1) is 0 Å². The molecule has 20 heavy (non-hydrogen) atoms. The Labute approximate surface area is 126 Å².